The molecule has 2 rings (SSSR count). The van der Waals surface area contributed by atoms with Crippen LogP contribution in [0.2, 0.25) is 0 Å². The van der Waals surface area contributed by atoms with Crippen LogP contribution in [0.25, 0.3) is 0 Å². The van der Waals surface area contributed by atoms with E-state index < -0.39 is 0 Å². The first-order valence-electron chi connectivity index (χ1n) is 6.41. The van der Waals surface area contributed by atoms with Gasteiger partial charge in [0.25, 0.3) is 0 Å². The van der Waals surface area contributed by atoms with Gasteiger partial charge >= 0.3 is 0 Å². The summed E-state index contributed by atoms with van der Waals surface area (Å²) in [6.45, 7) is 5.80. The molecular weight excluding hydrogens is 236 g/mol. The molecule has 0 atom stereocenters. The molecule has 98 valence electrons. The molecule has 0 unspecified atom stereocenters. The molecule has 19 heavy (non-hydrogen) atoms. The van der Waals surface area contributed by atoms with Crippen molar-refractivity contribution in [2.75, 3.05) is 0 Å². The van der Waals surface area contributed by atoms with Crippen LogP contribution in [-0.4, -0.2) is 9.55 Å². The molecule has 1 heterocycles. The van der Waals surface area contributed by atoms with Gasteiger partial charge in [-0.15, -0.1) is 0 Å². The highest BCUT2D eigenvalue weighted by Crippen LogP contribution is 2.09. The molecule has 0 fully saturated rings. The molecule has 1 aromatic heterocycles. The predicted molar refractivity (Wildman–Crippen MR) is 74.3 cm³/mol. The van der Waals surface area contributed by atoms with Gasteiger partial charge < -0.3 is 9.88 Å². The normalized spacial score (nSPS) is 10.6. The number of imidazole rings is 1. The van der Waals surface area contributed by atoms with Crippen molar-refractivity contribution in [1.29, 1.82) is 5.26 Å². The quantitative estimate of drug-likeness (QED) is 0.892. The molecule has 0 saturated heterocycles. The molecule has 4 nitrogen and oxygen atoms in total. The Morgan fingerprint density at radius 2 is 2.21 bits per heavy atom. The van der Waals surface area contributed by atoms with E-state index in [1.807, 2.05) is 36.8 Å². The lowest BCUT2D eigenvalue weighted by Crippen LogP contribution is -2.16. The fraction of sp³-hybridized carbons (Fsp3) is 0.333. The first-order chi connectivity index (χ1) is 9.20. The lowest BCUT2D eigenvalue weighted by atomic mass is 10.1. The van der Waals surface area contributed by atoms with Gasteiger partial charge in [0.15, 0.2) is 0 Å². The van der Waals surface area contributed by atoms with Gasteiger partial charge in [0.2, 0.25) is 0 Å². The maximum Gasteiger partial charge on any atom is 0.0991 e. The van der Waals surface area contributed by atoms with Crippen LogP contribution in [0.15, 0.2) is 36.8 Å². The zero-order valence-electron chi connectivity index (χ0n) is 11.3. The summed E-state index contributed by atoms with van der Waals surface area (Å²) in [6, 6.07) is 10.2. The number of nitrogens with zero attached hydrogens (tertiary/aromatic N) is 3. The highest BCUT2D eigenvalue weighted by Gasteiger charge is 2.04. The fourth-order valence-corrected chi connectivity index (χ4v) is 2.02. The van der Waals surface area contributed by atoms with Crippen molar-refractivity contribution in [2.45, 2.75) is 33.0 Å². The van der Waals surface area contributed by atoms with Gasteiger partial charge in [0.1, 0.15) is 0 Å². The third-order valence-electron chi connectivity index (χ3n) is 2.99. The molecule has 0 aliphatic carbocycles. The first-order valence-corrected chi connectivity index (χ1v) is 6.41. The lowest BCUT2D eigenvalue weighted by molar-refractivity contribution is 0.550. The van der Waals surface area contributed by atoms with E-state index in [0.29, 0.717) is 11.6 Å². The Balaban J connectivity index is 1.93. The lowest BCUT2D eigenvalue weighted by Gasteiger charge is -2.12. The van der Waals surface area contributed by atoms with Crippen molar-refractivity contribution in [3.8, 4) is 6.07 Å². The summed E-state index contributed by atoms with van der Waals surface area (Å²) in [6.07, 6.45) is 3.75. The third kappa shape index (κ3) is 3.43. The van der Waals surface area contributed by atoms with Crippen LogP contribution < -0.4 is 5.32 Å². The van der Waals surface area contributed by atoms with E-state index in [0.717, 1.165) is 18.7 Å². The van der Waals surface area contributed by atoms with Gasteiger partial charge in [-0.1, -0.05) is 12.1 Å². The van der Waals surface area contributed by atoms with Crippen molar-refractivity contribution in [2.24, 2.45) is 0 Å². The second-order valence-corrected chi connectivity index (χ2v) is 4.80. The van der Waals surface area contributed by atoms with Crippen LogP contribution in [0.4, 0.5) is 0 Å². The largest absolute Gasteiger partial charge is 0.331 e. The second-order valence-electron chi connectivity index (χ2n) is 4.80. The smallest absolute Gasteiger partial charge is 0.0991 e. The Morgan fingerprint density at radius 3 is 2.95 bits per heavy atom. The molecule has 0 aliphatic heterocycles. The number of nitriles is 1. The second kappa shape index (κ2) is 6.17. The minimum Gasteiger partial charge on any atom is -0.331 e. The average Bonchev–Trinajstić information content (AvgIpc) is 2.87. The van der Waals surface area contributed by atoms with Crippen LogP contribution in [-0.2, 0) is 13.1 Å². The van der Waals surface area contributed by atoms with Gasteiger partial charge in [-0.25, -0.2) is 4.98 Å². The minimum absolute atomic E-state index is 0.418. The highest BCUT2D eigenvalue weighted by atomic mass is 15.1. The molecule has 1 aromatic carbocycles. The predicted octanol–water partition coefficient (Wildman–Crippen LogP) is 2.63. The number of hydrogen-bond donors (Lipinski definition) is 1. The first kappa shape index (κ1) is 13.3. The Labute approximate surface area is 113 Å². The SMILES string of the molecule is CC(C)n1cncc1CNCc1cccc(C#N)c1. The minimum atomic E-state index is 0.418. The Kier molecular flexibility index (Phi) is 4.32. The molecule has 0 amide bonds. The van der Waals surface area contributed by atoms with Gasteiger partial charge in [0, 0.05) is 25.3 Å². The number of benzene rings is 1. The van der Waals surface area contributed by atoms with Crippen LogP contribution in [0.5, 0.6) is 0 Å². The van der Waals surface area contributed by atoms with Gasteiger partial charge in [-0.05, 0) is 31.5 Å². The Hall–Kier alpha value is -2.12. The van der Waals surface area contributed by atoms with E-state index in [-0.39, 0.29) is 0 Å². The summed E-state index contributed by atoms with van der Waals surface area (Å²) in [5, 5.41) is 12.2. The number of aromatic nitrogens is 2. The number of hydrogen-bond acceptors (Lipinski definition) is 3. The molecular formula is C15H18N4. The van der Waals surface area contributed by atoms with E-state index in [1.165, 1.54) is 5.69 Å². The number of rotatable bonds is 5. The summed E-state index contributed by atoms with van der Waals surface area (Å²) < 4.78 is 2.15. The molecule has 0 spiro atoms. The molecule has 0 aliphatic rings. The van der Waals surface area contributed by atoms with Gasteiger partial charge in [-0.2, -0.15) is 5.26 Å². The van der Waals surface area contributed by atoms with Crippen LogP contribution in [0, 0.1) is 11.3 Å². The summed E-state index contributed by atoms with van der Waals surface area (Å²) in [5.41, 5.74) is 2.99. The van der Waals surface area contributed by atoms with E-state index in [1.54, 1.807) is 0 Å². The van der Waals surface area contributed by atoms with Crippen molar-refractivity contribution >= 4 is 0 Å². The zero-order chi connectivity index (χ0) is 13.7. The maximum absolute atomic E-state index is 8.85. The van der Waals surface area contributed by atoms with Gasteiger partial charge in [0.05, 0.1) is 23.7 Å². The van der Waals surface area contributed by atoms with Gasteiger partial charge in [-0.3, -0.25) is 0 Å². The molecule has 4 heteroatoms. The van der Waals surface area contributed by atoms with E-state index in [9.17, 15) is 0 Å². The summed E-state index contributed by atoms with van der Waals surface area (Å²) in [5.74, 6) is 0. The van der Waals surface area contributed by atoms with Crippen molar-refractivity contribution in [3.05, 3.63) is 53.6 Å². The Bertz CT molecular complexity index is 578. The van der Waals surface area contributed by atoms with Crippen molar-refractivity contribution < 1.29 is 0 Å². The molecule has 0 saturated carbocycles. The third-order valence-corrected chi connectivity index (χ3v) is 2.99. The topological polar surface area (TPSA) is 53.6 Å². The van der Waals surface area contributed by atoms with E-state index in [4.69, 9.17) is 5.26 Å². The molecule has 0 bridgehead atoms. The van der Waals surface area contributed by atoms with E-state index >= 15 is 0 Å². The molecule has 0 radical (unpaired) electrons. The Morgan fingerprint density at radius 1 is 1.37 bits per heavy atom. The molecule has 1 N–H and O–H groups in total. The average molecular weight is 254 g/mol. The fourth-order valence-electron chi connectivity index (χ4n) is 2.02. The maximum atomic E-state index is 8.85. The van der Waals surface area contributed by atoms with Crippen molar-refractivity contribution in [1.82, 2.24) is 14.9 Å². The summed E-state index contributed by atoms with van der Waals surface area (Å²) in [7, 11) is 0. The highest BCUT2D eigenvalue weighted by molar-refractivity contribution is 5.32. The van der Waals surface area contributed by atoms with Crippen LogP contribution in [0.3, 0.4) is 0 Å². The standard InChI is InChI=1S/C15H18N4/c1-12(2)19-11-18-10-15(19)9-17-8-14-5-3-4-13(6-14)7-16/h3-6,10-12,17H,8-9H2,1-2H3. The van der Waals surface area contributed by atoms with Crippen LogP contribution in [0.1, 0.15) is 36.7 Å². The summed E-state index contributed by atoms with van der Waals surface area (Å²) >= 11 is 0. The van der Waals surface area contributed by atoms with E-state index in [2.05, 4.69) is 34.8 Å². The monoisotopic (exact) mass is 254 g/mol. The summed E-state index contributed by atoms with van der Waals surface area (Å²) in [4.78, 5) is 4.18. The number of nitrogens with one attached hydrogen (secondary N) is 1. The molecule has 2 aromatic rings. The van der Waals surface area contributed by atoms with Crippen LogP contribution >= 0.6 is 0 Å². The van der Waals surface area contributed by atoms with Crippen molar-refractivity contribution in [3.63, 3.8) is 0 Å². The zero-order valence-corrected chi connectivity index (χ0v) is 11.3.